The highest BCUT2D eigenvalue weighted by Crippen LogP contribution is 2.63. The van der Waals surface area contributed by atoms with Gasteiger partial charge in [0.1, 0.15) is 35.8 Å². The van der Waals surface area contributed by atoms with Crippen LogP contribution < -0.4 is 42.1 Å². The molecule has 31 heteroatoms. The summed E-state index contributed by atoms with van der Waals surface area (Å²) in [6, 6.07) is 0. The van der Waals surface area contributed by atoms with Crippen LogP contribution in [0.1, 0.15) is 9.08 Å². The summed E-state index contributed by atoms with van der Waals surface area (Å²) in [5.74, 6) is -0.376. The van der Waals surface area contributed by atoms with E-state index in [1.165, 1.54) is 9.80 Å². The number of H-pyrrole nitrogens is 1. The predicted octanol–water partition coefficient (Wildman–Crippen LogP) is -6.63. The van der Waals surface area contributed by atoms with Gasteiger partial charge in [-0.2, -0.15) is 4.98 Å². The van der Waals surface area contributed by atoms with E-state index in [4.69, 9.17) is 25.7 Å². The number of phosphoric acid groups is 3. The number of anilines is 1. The number of aliphatic imine (C=N–C) groups is 1. The van der Waals surface area contributed by atoms with E-state index < -0.39 is 97.5 Å². The highest BCUT2D eigenvalue weighted by atomic mass is 31.3. The Kier molecular flexibility index (Phi) is 10.6. The van der Waals surface area contributed by atoms with Gasteiger partial charge in [0.2, 0.25) is 5.95 Å². The first-order chi connectivity index (χ1) is 24.7. The molecule has 0 aromatic carbocycles. The molecule has 0 radical (unpaired) electrons. The molecule has 11 atom stereocenters. The number of hydrogen-bond acceptors (Lipinski definition) is 26. The molecule has 300 valence electrons. The van der Waals surface area contributed by atoms with E-state index in [2.05, 4.69) is 42.9 Å². The fourth-order valence-corrected chi connectivity index (χ4v) is 9.30. The van der Waals surface area contributed by atoms with Crippen molar-refractivity contribution in [2.45, 2.75) is 48.7 Å². The van der Waals surface area contributed by atoms with Crippen LogP contribution in [0.25, 0.3) is 11.2 Å². The molecule has 28 nitrogen and oxygen atoms in total. The van der Waals surface area contributed by atoms with Crippen molar-refractivity contribution < 1.29 is 83.5 Å². The van der Waals surface area contributed by atoms with Gasteiger partial charge in [-0.3, -0.25) is 33.0 Å². The molecular weight excluding hydrogens is 785 g/mol. The monoisotopic (exact) mass is 820 g/mol. The number of nitrogen functional groups attached to an aromatic ring is 1. The number of hydrogen-bond donors (Lipinski definition) is 7. The molecule has 6 rings (SSSR count). The minimum absolute atomic E-state index is 0. The van der Waals surface area contributed by atoms with Gasteiger partial charge in [-0.15, -0.1) is 0 Å². The van der Waals surface area contributed by atoms with Gasteiger partial charge in [0.25, 0.3) is 29.0 Å². The summed E-state index contributed by atoms with van der Waals surface area (Å²) >= 11 is 0. The molecule has 4 aliphatic rings. The molecule has 0 amide bonds. The van der Waals surface area contributed by atoms with Gasteiger partial charge in [-0.05, 0) is 0 Å². The van der Waals surface area contributed by atoms with Crippen molar-refractivity contribution in [2.75, 3.05) is 46.4 Å². The average molecular weight is 820 g/mol. The largest absolute Gasteiger partial charge is 0.830 e. The number of imidazole rings is 1. The number of aromatic amines is 1. The Bertz CT molecular complexity index is 2030. The summed E-state index contributed by atoms with van der Waals surface area (Å²) in [7, 11) is -15.8. The molecule has 4 aliphatic heterocycles. The van der Waals surface area contributed by atoms with Gasteiger partial charge in [0.05, 0.1) is 38.5 Å². The Morgan fingerprint density at radius 3 is 2.45 bits per heavy atom. The van der Waals surface area contributed by atoms with E-state index in [-0.39, 0.29) is 44.1 Å². The number of ether oxygens (including phenoxy) is 3. The molecule has 2 saturated heterocycles. The zero-order chi connectivity index (χ0) is 38.8. The number of phosphoric ester groups is 2. The van der Waals surface area contributed by atoms with Crippen LogP contribution in [0.3, 0.4) is 0 Å². The summed E-state index contributed by atoms with van der Waals surface area (Å²) in [5.41, 5.74) is 8.27. The van der Waals surface area contributed by atoms with E-state index in [9.17, 15) is 53.6 Å². The lowest BCUT2D eigenvalue weighted by Crippen LogP contribution is -2.54. The molecule has 0 bridgehead atoms. The van der Waals surface area contributed by atoms with Crippen molar-refractivity contribution in [1.29, 1.82) is 0 Å². The van der Waals surface area contributed by atoms with Crippen molar-refractivity contribution in [3.63, 3.8) is 0 Å². The van der Waals surface area contributed by atoms with Crippen molar-refractivity contribution in [1.82, 2.24) is 34.6 Å². The maximum absolute atomic E-state index is 12.5. The van der Waals surface area contributed by atoms with E-state index in [1.54, 1.807) is 7.05 Å². The van der Waals surface area contributed by atoms with Crippen LogP contribution in [-0.4, -0.2) is 134 Å². The third kappa shape index (κ3) is 7.73. The van der Waals surface area contributed by atoms with E-state index >= 15 is 0 Å². The summed E-state index contributed by atoms with van der Waals surface area (Å²) < 4.78 is 71.4. The quantitative estimate of drug-likeness (QED) is 0.0923. The summed E-state index contributed by atoms with van der Waals surface area (Å²) in [6.45, 7) is -2.87. The number of aliphatic hydroxyl groups is 3. The van der Waals surface area contributed by atoms with Gasteiger partial charge in [-0.25, -0.2) is 13.6 Å². The topological polar surface area (TPSA) is 415 Å². The number of likely N-dealkylation sites (N-methyl/N-ethyl adjacent to an activating group) is 1. The van der Waals surface area contributed by atoms with Gasteiger partial charge >= 0.3 is 0 Å². The summed E-state index contributed by atoms with van der Waals surface area (Å²) in [5, 5.41) is 47.2. The smallest absolute Gasteiger partial charge is 0.280 e. The van der Waals surface area contributed by atoms with E-state index in [1.807, 2.05) is 0 Å². The van der Waals surface area contributed by atoms with Gasteiger partial charge < -0.3 is 84.9 Å². The standard InChI is InChI=1S/C22H34N10O18P3.2H2/c1-30-7-32(15-10(30)17(37)29-21(24)27-15)19-13(35)22(44-2,4-45-19)5-47-52(40,41)50-53(42,43)49-51(38,39)46-3-8-11(33)12(34)18(48-8)31-6-25-9-14(31)26-20(23)28-16(9)36;;/h6,8,11-13,17-19,33-35H,3-5,7H2,1-2H3,(H,38,39)(H,40,41)(H,42,43)(H3,24,27,29)(H3,23,26,28,36);2*1H/q-1;;/p-3/t8-,11?,12+,13?,17?,18-,19+,22+;;/m1../s1. The number of aromatic nitrogens is 4. The molecule has 6 unspecified atom stereocenters. The first-order valence-electron chi connectivity index (χ1n) is 14.9. The van der Waals surface area contributed by atoms with Crippen LogP contribution in [0.4, 0.5) is 5.95 Å². The second-order valence-corrected chi connectivity index (χ2v) is 16.4. The Morgan fingerprint density at radius 1 is 1.09 bits per heavy atom. The molecule has 2 aromatic rings. The molecule has 0 saturated carbocycles. The van der Waals surface area contributed by atoms with Crippen LogP contribution in [-0.2, 0) is 45.6 Å². The SMILES string of the molecule is CO[C@]1(COP(=O)([O-])OP(=O)([O-])OP(=O)([O-])OC[C@H]2O[C@@H](n3cnc4c(=O)[nH]c(N)nc43)[C@@H](O)C2O)CO[C@H](N2CN(C)C3=C2NC(N)=NC3[O-])C1O.[HH].[HH]. The van der Waals surface area contributed by atoms with Crippen molar-refractivity contribution in [2.24, 2.45) is 10.7 Å². The first kappa shape index (κ1) is 39.6. The van der Waals surface area contributed by atoms with E-state index in [0.717, 1.165) is 18.0 Å². The molecule has 53 heavy (non-hydrogen) atoms. The second-order valence-electron chi connectivity index (χ2n) is 11.8. The Labute approximate surface area is 298 Å². The maximum Gasteiger partial charge on any atom is 0.280 e. The van der Waals surface area contributed by atoms with Crippen LogP contribution in [0.2, 0.25) is 0 Å². The van der Waals surface area contributed by atoms with Gasteiger partial charge in [0, 0.05) is 23.2 Å². The highest BCUT2D eigenvalue weighted by Gasteiger charge is 2.55. The lowest BCUT2D eigenvalue weighted by atomic mass is 9.99. The first-order valence-corrected chi connectivity index (χ1v) is 19.3. The number of guanidine groups is 1. The third-order valence-corrected chi connectivity index (χ3v) is 12.5. The van der Waals surface area contributed by atoms with Crippen LogP contribution in [0.5, 0.6) is 0 Å². The normalized spacial score (nSPS) is 33.8. The number of fused-ring (bicyclic) bond motifs is 1. The molecule has 0 aliphatic carbocycles. The Balaban J connectivity index is 0.00000336. The second kappa shape index (κ2) is 14.2. The Hall–Kier alpha value is -3.11. The molecular formula is C22H35N10O18P3-4. The maximum atomic E-state index is 12.5. The van der Waals surface area contributed by atoms with Crippen molar-refractivity contribution >= 4 is 46.5 Å². The van der Waals surface area contributed by atoms with Gasteiger partial charge in [-0.1, -0.05) is 0 Å². The number of aliphatic hydroxyl groups excluding tert-OH is 3. The average Bonchev–Trinajstić information content (AvgIpc) is 3.77. The minimum atomic E-state index is -6.37. The lowest BCUT2D eigenvalue weighted by molar-refractivity contribution is -0.407. The molecule has 9 N–H and O–H groups in total. The minimum Gasteiger partial charge on any atom is -0.830 e. The number of nitrogens with two attached hydrogens (primary N) is 2. The summed E-state index contributed by atoms with van der Waals surface area (Å²) in [6.07, 6.45) is -10.5. The van der Waals surface area contributed by atoms with Crippen molar-refractivity contribution in [3.05, 3.63) is 28.2 Å². The van der Waals surface area contributed by atoms with Crippen molar-refractivity contribution in [3.8, 4) is 0 Å². The zero-order valence-electron chi connectivity index (χ0n) is 27.1. The van der Waals surface area contributed by atoms with Crippen LogP contribution >= 0.6 is 23.5 Å². The van der Waals surface area contributed by atoms with Crippen LogP contribution in [0.15, 0.2) is 27.6 Å². The molecule has 2 fully saturated rings. The number of methoxy groups -OCH3 is 1. The predicted molar refractivity (Wildman–Crippen MR) is 165 cm³/mol. The van der Waals surface area contributed by atoms with Crippen LogP contribution in [0, 0.1) is 0 Å². The number of rotatable bonds is 13. The van der Waals surface area contributed by atoms with Gasteiger partial charge in [0.15, 0.2) is 29.6 Å². The number of nitrogens with one attached hydrogen (secondary N) is 2. The number of nitrogens with zero attached hydrogens (tertiary/aromatic N) is 6. The molecule has 0 spiro atoms. The molecule has 6 heterocycles. The summed E-state index contributed by atoms with van der Waals surface area (Å²) in [4.78, 5) is 65.8. The lowest BCUT2D eigenvalue weighted by Gasteiger charge is -2.37. The fraction of sp³-hybridized carbons (Fsp3) is 0.636. The third-order valence-electron chi connectivity index (χ3n) is 8.39. The van der Waals surface area contributed by atoms with E-state index in [0.29, 0.717) is 0 Å². The Morgan fingerprint density at radius 2 is 1.77 bits per heavy atom. The zero-order valence-corrected chi connectivity index (χ0v) is 29.8. The highest BCUT2D eigenvalue weighted by molar-refractivity contribution is 7.65. The molecule has 2 aromatic heterocycles. The fourth-order valence-electron chi connectivity index (χ4n) is 5.87.